The lowest BCUT2D eigenvalue weighted by Crippen LogP contribution is -2.23. The average molecular weight is 451 g/mol. The van der Waals surface area contributed by atoms with Crippen LogP contribution in [0.1, 0.15) is 15.9 Å². The molecule has 0 saturated heterocycles. The minimum Gasteiger partial charge on any atom is -0.508 e. The first-order valence-corrected chi connectivity index (χ1v) is 10.6. The van der Waals surface area contributed by atoms with E-state index < -0.39 is 15.9 Å². The van der Waals surface area contributed by atoms with E-state index in [4.69, 9.17) is 23.2 Å². The normalized spacial score (nSPS) is 11.1. The lowest BCUT2D eigenvalue weighted by atomic mass is 10.2. The van der Waals surface area contributed by atoms with Gasteiger partial charge in [0.05, 0.1) is 5.02 Å². The molecule has 0 heterocycles. The van der Waals surface area contributed by atoms with E-state index in [0.717, 1.165) is 0 Å². The van der Waals surface area contributed by atoms with Crippen molar-refractivity contribution in [2.75, 3.05) is 4.72 Å². The van der Waals surface area contributed by atoms with E-state index in [2.05, 4.69) is 10.0 Å². The topological polar surface area (TPSA) is 95.5 Å². The fourth-order valence-electron chi connectivity index (χ4n) is 2.52. The maximum atomic E-state index is 12.7. The van der Waals surface area contributed by atoms with E-state index >= 15 is 0 Å². The van der Waals surface area contributed by atoms with Gasteiger partial charge in [0.1, 0.15) is 10.6 Å². The van der Waals surface area contributed by atoms with E-state index in [9.17, 15) is 18.3 Å². The first-order chi connectivity index (χ1) is 13.8. The monoisotopic (exact) mass is 450 g/mol. The lowest BCUT2D eigenvalue weighted by Gasteiger charge is -2.12. The largest absolute Gasteiger partial charge is 0.508 e. The van der Waals surface area contributed by atoms with Crippen molar-refractivity contribution in [3.63, 3.8) is 0 Å². The smallest absolute Gasteiger partial charge is 0.263 e. The van der Waals surface area contributed by atoms with Crippen LogP contribution in [0.2, 0.25) is 10.0 Å². The Balaban J connectivity index is 1.80. The molecule has 0 saturated carbocycles. The number of hydrogen-bond acceptors (Lipinski definition) is 4. The van der Waals surface area contributed by atoms with Gasteiger partial charge in [0.15, 0.2) is 0 Å². The molecule has 0 unspecified atom stereocenters. The highest BCUT2D eigenvalue weighted by Gasteiger charge is 2.20. The zero-order valence-electron chi connectivity index (χ0n) is 14.9. The molecule has 3 rings (SSSR count). The third-order valence-corrected chi connectivity index (χ3v) is 6.13. The zero-order valence-corrected chi connectivity index (χ0v) is 17.2. The first-order valence-electron chi connectivity index (χ1n) is 8.39. The fraction of sp³-hybridized carbons (Fsp3) is 0.0500. The summed E-state index contributed by atoms with van der Waals surface area (Å²) in [5.74, 6) is -0.452. The van der Waals surface area contributed by atoms with Crippen LogP contribution in [0.4, 0.5) is 5.69 Å². The van der Waals surface area contributed by atoms with Gasteiger partial charge in [-0.2, -0.15) is 0 Å². The molecule has 0 spiro atoms. The Labute approximate surface area is 178 Å². The summed E-state index contributed by atoms with van der Waals surface area (Å²) in [6.07, 6.45) is 0. The second-order valence-corrected chi connectivity index (χ2v) is 8.56. The Hall–Kier alpha value is -2.74. The first kappa shape index (κ1) is 21.0. The van der Waals surface area contributed by atoms with Gasteiger partial charge in [-0.25, -0.2) is 8.42 Å². The van der Waals surface area contributed by atoms with Crippen molar-refractivity contribution in [1.82, 2.24) is 5.32 Å². The van der Waals surface area contributed by atoms with E-state index in [-0.39, 0.29) is 27.8 Å². The summed E-state index contributed by atoms with van der Waals surface area (Å²) in [6.45, 7) is 0.0826. The van der Waals surface area contributed by atoms with Gasteiger partial charge >= 0.3 is 0 Å². The lowest BCUT2D eigenvalue weighted by molar-refractivity contribution is 0.0950. The molecule has 1 amide bonds. The Morgan fingerprint density at radius 3 is 2.34 bits per heavy atom. The van der Waals surface area contributed by atoms with Crippen LogP contribution in [-0.2, 0) is 16.6 Å². The number of carbonyl (C=O) groups is 1. The van der Waals surface area contributed by atoms with Crippen LogP contribution in [0.15, 0.2) is 71.6 Å². The summed E-state index contributed by atoms with van der Waals surface area (Å²) < 4.78 is 27.8. The van der Waals surface area contributed by atoms with Crippen LogP contribution in [0.3, 0.4) is 0 Å². The number of phenols is 1. The van der Waals surface area contributed by atoms with Crippen LogP contribution in [0, 0.1) is 0 Å². The van der Waals surface area contributed by atoms with Crippen molar-refractivity contribution in [1.29, 1.82) is 0 Å². The summed E-state index contributed by atoms with van der Waals surface area (Å²) in [4.78, 5) is 12.2. The Morgan fingerprint density at radius 1 is 0.966 bits per heavy atom. The summed E-state index contributed by atoms with van der Waals surface area (Å²) in [5, 5.41) is 12.9. The molecule has 0 radical (unpaired) electrons. The number of rotatable bonds is 6. The minimum absolute atomic E-state index is 0.0243. The van der Waals surface area contributed by atoms with Crippen molar-refractivity contribution in [2.45, 2.75) is 11.4 Å². The van der Waals surface area contributed by atoms with Crippen LogP contribution in [-0.4, -0.2) is 19.4 Å². The predicted molar refractivity (Wildman–Crippen MR) is 113 cm³/mol. The van der Waals surface area contributed by atoms with Gasteiger partial charge < -0.3 is 10.4 Å². The Kier molecular flexibility index (Phi) is 6.32. The molecular formula is C20H16Cl2N2O4S. The molecule has 3 N–H and O–H groups in total. The molecule has 0 bridgehead atoms. The zero-order chi connectivity index (χ0) is 21.0. The predicted octanol–water partition coefficient (Wildman–Crippen LogP) is 4.43. The number of phenolic OH excluding ortho intramolecular Hbond substituents is 1. The van der Waals surface area contributed by atoms with Gasteiger partial charge in [-0.15, -0.1) is 0 Å². The summed E-state index contributed by atoms with van der Waals surface area (Å²) in [5.41, 5.74) is 0.952. The van der Waals surface area contributed by atoms with E-state index in [1.54, 1.807) is 30.3 Å². The molecule has 150 valence electrons. The SMILES string of the molecule is O=C(NCc1ccccc1O)c1ccc(Cl)c(S(=O)(=O)Nc2ccc(Cl)cc2)c1. The van der Waals surface area contributed by atoms with Crippen molar-refractivity contribution in [2.24, 2.45) is 0 Å². The third kappa shape index (κ3) is 5.20. The number of halogens is 2. The van der Waals surface area contributed by atoms with E-state index in [1.165, 1.54) is 36.4 Å². The standard InChI is InChI=1S/C20H16Cl2N2O4S/c21-15-6-8-16(9-7-15)24-29(27,28)19-11-13(5-10-17(19)22)20(26)23-12-14-3-1-2-4-18(14)25/h1-11,24-25H,12H2,(H,23,26). The van der Waals surface area contributed by atoms with Crippen LogP contribution in [0.25, 0.3) is 0 Å². The highest BCUT2D eigenvalue weighted by atomic mass is 35.5. The third-order valence-electron chi connectivity index (χ3n) is 4.01. The maximum Gasteiger partial charge on any atom is 0.263 e. The maximum absolute atomic E-state index is 12.7. The van der Waals surface area contributed by atoms with Crippen molar-refractivity contribution < 1.29 is 18.3 Å². The highest BCUT2D eigenvalue weighted by Crippen LogP contribution is 2.26. The highest BCUT2D eigenvalue weighted by molar-refractivity contribution is 7.92. The molecular weight excluding hydrogens is 435 g/mol. The van der Waals surface area contributed by atoms with E-state index in [0.29, 0.717) is 16.3 Å². The molecule has 0 atom stereocenters. The Morgan fingerprint density at radius 2 is 1.66 bits per heavy atom. The van der Waals surface area contributed by atoms with Gasteiger partial charge in [0, 0.05) is 28.4 Å². The molecule has 0 aliphatic heterocycles. The number of carbonyl (C=O) groups excluding carboxylic acids is 1. The minimum atomic E-state index is -4.03. The molecule has 0 fully saturated rings. The molecule has 0 aromatic heterocycles. The number of aromatic hydroxyl groups is 1. The summed E-state index contributed by atoms with van der Waals surface area (Å²) in [6, 6.07) is 16.7. The molecule has 0 aliphatic rings. The number of amides is 1. The molecule has 3 aromatic rings. The molecule has 3 aromatic carbocycles. The molecule has 9 heteroatoms. The van der Waals surface area contributed by atoms with Crippen LogP contribution < -0.4 is 10.0 Å². The van der Waals surface area contributed by atoms with Crippen molar-refractivity contribution in [3.05, 3.63) is 87.9 Å². The number of anilines is 1. The number of benzene rings is 3. The second-order valence-electron chi connectivity index (χ2n) is 6.07. The van der Waals surface area contributed by atoms with Gasteiger partial charge in [-0.3, -0.25) is 9.52 Å². The van der Waals surface area contributed by atoms with Crippen LogP contribution >= 0.6 is 23.2 Å². The van der Waals surface area contributed by atoms with Gasteiger partial charge in [0.2, 0.25) is 0 Å². The summed E-state index contributed by atoms with van der Waals surface area (Å²) in [7, 11) is -4.03. The van der Waals surface area contributed by atoms with Crippen molar-refractivity contribution >= 4 is 44.8 Å². The average Bonchev–Trinajstić information content (AvgIpc) is 2.69. The number of hydrogen-bond donors (Lipinski definition) is 3. The van der Waals surface area contributed by atoms with Gasteiger partial charge in [-0.05, 0) is 48.5 Å². The fourth-order valence-corrected chi connectivity index (χ4v) is 4.23. The molecule has 6 nitrogen and oxygen atoms in total. The van der Waals surface area contributed by atoms with E-state index in [1.807, 2.05) is 0 Å². The number of nitrogens with one attached hydrogen (secondary N) is 2. The molecule has 0 aliphatic carbocycles. The second kappa shape index (κ2) is 8.73. The summed E-state index contributed by atoms with van der Waals surface area (Å²) >= 11 is 11.9. The Bertz CT molecular complexity index is 1150. The van der Waals surface area contributed by atoms with Crippen molar-refractivity contribution in [3.8, 4) is 5.75 Å². The van der Waals surface area contributed by atoms with Gasteiger partial charge in [-0.1, -0.05) is 41.4 Å². The quantitative estimate of drug-likeness (QED) is 0.517. The van der Waals surface area contributed by atoms with Crippen LogP contribution in [0.5, 0.6) is 5.75 Å². The number of sulfonamides is 1. The van der Waals surface area contributed by atoms with Gasteiger partial charge in [0.25, 0.3) is 15.9 Å². The number of para-hydroxylation sites is 1. The molecule has 29 heavy (non-hydrogen) atoms.